The third-order valence-corrected chi connectivity index (χ3v) is 3.76. The van der Waals surface area contributed by atoms with Crippen LogP contribution in [-0.2, 0) is 4.79 Å². The van der Waals surface area contributed by atoms with Crippen LogP contribution in [0, 0.1) is 24.6 Å². The summed E-state index contributed by atoms with van der Waals surface area (Å²) in [4.78, 5) is 12.0. The number of hydrogen-bond donors (Lipinski definition) is 2. The van der Waals surface area contributed by atoms with E-state index >= 15 is 0 Å². The van der Waals surface area contributed by atoms with Crippen molar-refractivity contribution < 1.29 is 9.18 Å². The fraction of sp³-hybridized carbons (Fsp3) is 0.533. The summed E-state index contributed by atoms with van der Waals surface area (Å²) in [5.74, 6) is 0.278. The number of carbonyl (C=O) groups excluding carboxylic acids is 1. The van der Waals surface area contributed by atoms with Crippen molar-refractivity contribution in [3.05, 3.63) is 28.0 Å². The van der Waals surface area contributed by atoms with Gasteiger partial charge in [0.25, 0.3) is 0 Å². The minimum Gasteiger partial charge on any atom is -0.330 e. The first-order valence-corrected chi connectivity index (χ1v) is 7.58. The number of amides is 1. The molecule has 0 aromatic heterocycles. The second-order valence-corrected chi connectivity index (χ2v) is 6.42. The van der Waals surface area contributed by atoms with Crippen molar-refractivity contribution in [3.8, 4) is 0 Å². The maximum atomic E-state index is 13.3. The molecule has 1 rings (SSSR count). The van der Waals surface area contributed by atoms with Crippen molar-refractivity contribution in [2.24, 2.45) is 17.6 Å². The van der Waals surface area contributed by atoms with Gasteiger partial charge in [0.15, 0.2) is 0 Å². The number of nitrogens with two attached hydrogens (primary N) is 1. The van der Waals surface area contributed by atoms with Crippen molar-refractivity contribution in [3.63, 3.8) is 0 Å². The van der Waals surface area contributed by atoms with Crippen LogP contribution in [0.4, 0.5) is 10.1 Å². The highest BCUT2D eigenvalue weighted by Gasteiger charge is 2.15. The molecular formula is C15H22BrFN2O. The zero-order valence-corrected chi connectivity index (χ0v) is 13.8. The van der Waals surface area contributed by atoms with Crippen molar-refractivity contribution >= 4 is 27.5 Å². The lowest BCUT2D eigenvalue weighted by molar-refractivity contribution is -0.117. The zero-order valence-electron chi connectivity index (χ0n) is 12.2. The van der Waals surface area contributed by atoms with Gasteiger partial charge >= 0.3 is 0 Å². The number of nitrogens with one attached hydrogen (secondary N) is 1. The summed E-state index contributed by atoms with van der Waals surface area (Å²) in [7, 11) is 0. The van der Waals surface area contributed by atoms with Gasteiger partial charge < -0.3 is 11.1 Å². The van der Waals surface area contributed by atoms with Crippen LogP contribution in [0.2, 0.25) is 0 Å². The molecule has 1 aromatic rings. The van der Waals surface area contributed by atoms with E-state index < -0.39 is 0 Å². The molecule has 0 aliphatic rings. The zero-order chi connectivity index (χ0) is 15.3. The fourth-order valence-corrected chi connectivity index (χ4v) is 2.52. The lowest BCUT2D eigenvalue weighted by Gasteiger charge is -2.17. The maximum absolute atomic E-state index is 13.3. The molecule has 0 spiro atoms. The standard InChI is InChI=1S/C15H22BrFN2O/c1-9(2)4-11(8-18)6-15(20)19-14-7-12(16)13(17)5-10(14)3/h5,7,9,11H,4,6,8,18H2,1-3H3,(H,19,20). The number of rotatable bonds is 6. The lowest BCUT2D eigenvalue weighted by Crippen LogP contribution is -2.23. The second-order valence-electron chi connectivity index (χ2n) is 5.56. The molecule has 5 heteroatoms. The van der Waals surface area contributed by atoms with Crippen LogP contribution in [-0.4, -0.2) is 12.5 Å². The predicted molar refractivity (Wildman–Crippen MR) is 84.1 cm³/mol. The van der Waals surface area contributed by atoms with E-state index in [0.717, 1.165) is 6.42 Å². The SMILES string of the molecule is Cc1cc(F)c(Br)cc1NC(=O)CC(CN)CC(C)C. The minimum absolute atomic E-state index is 0.0808. The van der Waals surface area contributed by atoms with Gasteiger partial charge in [-0.2, -0.15) is 0 Å². The van der Waals surface area contributed by atoms with Crippen molar-refractivity contribution in [1.82, 2.24) is 0 Å². The molecule has 0 radical (unpaired) electrons. The maximum Gasteiger partial charge on any atom is 0.224 e. The molecule has 1 aromatic carbocycles. The first kappa shape index (κ1) is 17.1. The summed E-state index contributed by atoms with van der Waals surface area (Å²) in [6.45, 7) is 6.49. The molecule has 0 heterocycles. The van der Waals surface area contributed by atoms with Gasteiger partial charge in [0, 0.05) is 12.1 Å². The summed E-state index contributed by atoms with van der Waals surface area (Å²) >= 11 is 3.12. The predicted octanol–water partition coefficient (Wildman–Crippen LogP) is 3.85. The molecule has 0 fully saturated rings. The Labute approximate surface area is 128 Å². The van der Waals surface area contributed by atoms with Gasteiger partial charge in [-0.25, -0.2) is 4.39 Å². The van der Waals surface area contributed by atoms with Crippen LogP contribution in [0.15, 0.2) is 16.6 Å². The summed E-state index contributed by atoms with van der Waals surface area (Å²) in [6.07, 6.45) is 1.32. The first-order valence-electron chi connectivity index (χ1n) is 6.79. The number of carbonyl (C=O) groups is 1. The Morgan fingerprint density at radius 2 is 2.10 bits per heavy atom. The van der Waals surface area contributed by atoms with Gasteiger partial charge in [0.1, 0.15) is 5.82 Å². The van der Waals surface area contributed by atoms with Gasteiger partial charge in [-0.05, 0) is 65.4 Å². The molecule has 0 saturated carbocycles. The molecule has 0 aliphatic carbocycles. The Morgan fingerprint density at radius 1 is 1.45 bits per heavy atom. The van der Waals surface area contributed by atoms with Crippen LogP contribution < -0.4 is 11.1 Å². The number of aryl methyl sites for hydroxylation is 1. The average Bonchev–Trinajstić information content (AvgIpc) is 2.34. The van der Waals surface area contributed by atoms with E-state index in [2.05, 4.69) is 35.1 Å². The van der Waals surface area contributed by atoms with Crippen molar-refractivity contribution in [2.45, 2.75) is 33.6 Å². The molecule has 1 atom stereocenters. The van der Waals surface area contributed by atoms with Crippen LogP contribution in [0.3, 0.4) is 0 Å². The highest BCUT2D eigenvalue weighted by atomic mass is 79.9. The van der Waals surface area contributed by atoms with E-state index in [1.54, 1.807) is 13.0 Å². The largest absolute Gasteiger partial charge is 0.330 e. The first-order chi connectivity index (χ1) is 9.33. The Hall–Kier alpha value is -0.940. The number of hydrogen-bond acceptors (Lipinski definition) is 2. The van der Waals surface area contributed by atoms with Gasteiger partial charge in [0.05, 0.1) is 4.47 Å². The summed E-state index contributed by atoms with van der Waals surface area (Å²) in [5, 5.41) is 2.83. The Kier molecular flexibility index (Phi) is 6.62. The monoisotopic (exact) mass is 344 g/mol. The molecule has 1 unspecified atom stereocenters. The van der Waals surface area contributed by atoms with E-state index in [9.17, 15) is 9.18 Å². The molecule has 1 amide bonds. The summed E-state index contributed by atoms with van der Waals surface area (Å²) in [5.41, 5.74) is 7.03. The Balaban J connectivity index is 2.68. The van der Waals surface area contributed by atoms with Crippen molar-refractivity contribution in [2.75, 3.05) is 11.9 Å². The van der Waals surface area contributed by atoms with E-state index in [0.29, 0.717) is 34.6 Å². The van der Waals surface area contributed by atoms with E-state index in [1.807, 2.05) is 0 Å². The van der Waals surface area contributed by atoms with E-state index in [4.69, 9.17) is 5.73 Å². The summed E-state index contributed by atoms with van der Waals surface area (Å²) < 4.78 is 13.7. The second kappa shape index (κ2) is 7.74. The van der Waals surface area contributed by atoms with Crippen molar-refractivity contribution in [1.29, 1.82) is 0 Å². The van der Waals surface area contributed by atoms with Gasteiger partial charge in [-0.3, -0.25) is 4.79 Å². The third-order valence-electron chi connectivity index (χ3n) is 3.15. The fourth-order valence-electron chi connectivity index (χ4n) is 2.17. The normalized spacial score (nSPS) is 12.6. The molecule has 20 heavy (non-hydrogen) atoms. The molecule has 3 nitrogen and oxygen atoms in total. The van der Waals surface area contributed by atoms with Gasteiger partial charge in [0.2, 0.25) is 5.91 Å². The third kappa shape index (κ3) is 5.21. The smallest absolute Gasteiger partial charge is 0.224 e. The Bertz CT molecular complexity index is 477. The quantitative estimate of drug-likeness (QED) is 0.823. The number of halogens is 2. The number of anilines is 1. The van der Waals surface area contributed by atoms with Crippen LogP contribution in [0.25, 0.3) is 0 Å². The molecule has 112 valence electrons. The minimum atomic E-state index is -0.333. The van der Waals surface area contributed by atoms with Gasteiger partial charge in [-0.15, -0.1) is 0 Å². The van der Waals surface area contributed by atoms with Crippen LogP contribution >= 0.6 is 15.9 Å². The van der Waals surface area contributed by atoms with E-state index in [1.165, 1.54) is 6.07 Å². The highest BCUT2D eigenvalue weighted by Crippen LogP contribution is 2.25. The molecule has 0 bridgehead atoms. The molecular weight excluding hydrogens is 323 g/mol. The van der Waals surface area contributed by atoms with Crippen LogP contribution in [0.1, 0.15) is 32.3 Å². The number of benzene rings is 1. The topological polar surface area (TPSA) is 55.1 Å². The van der Waals surface area contributed by atoms with Crippen LogP contribution in [0.5, 0.6) is 0 Å². The van der Waals surface area contributed by atoms with Gasteiger partial charge in [-0.1, -0.05) is 13.8 Å². The molecule has 3 N–H and O–H groups in total. The van der Waals surface area contributed by atoms with E-state index in [-0.39, 0.29) is 17.6 Å². The summed E-state index contributed by atoms with van der Waals surface area (Å²) in [6, 6.07) is 2.98. The lowest BCUT2D eigenvalue weighted by atomic mass is 9.94. The average molecular weight is 345 g/mol. The highest BCUT2D eigenvalue weighted by molar-refractivity contribution is 9.10. The molecule has 0 saturated heterocycles. The molecule has 0 aliphatic heterocycles. The Morgan fingerprint density at radius 3 is 2.65 bits per heavy atom.